The molecule has 3 aromatic carbocycles. The fourth-order valence-corrected chi connectivity index (χ4v) is 5.87. The number of nitrogens with one attached hydrogen (secondary N) is 2. The van der Waals surface area contributed by atoms with Crippen LogP contribution in [0.25, 0.3) is 22.4 Å². The van der Waals surface area contributed by atoms with Crippen molar-refractivity contribution in [1.82, 2.24) is 20.0 Å². The number of aromatic hydroxyl groups is 1. The number of phenols is 1. The third kappa shape index (κ3) is 8.39. The van der Waals surface area contributed by atoms with Gasteiger partial charge in [0, 0.05) is 43.0 Å². The van der Waals surface area contributed by atoms with Crippen LogP contribution in [-0.2, 0) is 27.8 Å². The number of piperidine rings is 1. The summed E-state index contributed by atoms with van der Waals surface area (Å²) in [5, 5.41) is 20.8. The number of ether oxygens (including phenoxy) is 1. The van der Waals surface area contributed by atoms with Crippen molar-refractivity contribution < 1.29 is 28.6 Å². The molecular weight excluding hydrogens is 613 g/mol. The van der Waals surface area contributed by atoms with Gasteiger partial charge >= 0.3 is 6.09 Å². The molecule has 3 amide bonds. The number of alkyl carbamates (subject to hydrolysis) is 1. The van der Waals surface area contributed by atoms with Gasteiger partial charge in [-0.1, -0.05) is 35.9 Å². The number of carbonyl (C=O) groups excluding carboxylic acids is 3. The maximum absolute atomic E-state index is 14.0. The smallest absolute Gasteiger partial charge is 0.408 e. The summed E-state index contributed by atoms with van der Waals surface area (Å²) in [4.78, 5) is 42.0. The van der Waals surface area contributed by atoms with E-state index in [0.717, 1.165) is 23.1 Å². The van der Waals surface area contributed by atoms with Crippen LogP contribution in [0.3, 0.4) is 0 Å². The van der Waals surface area contributed by atoms with Gasteiger partial charge in [0.05, 0.1) is 0 Å². The molecule has 1 fully saturated rings. The van der Waals surface area contributed by atoms with Gasteiger partial charge in [0.25, 0.3) is 0 Å². The lowest BCUT2D eigenvalue weighted by molar-refractivity contribution is -0.142. The Hall–Kier alpha value is -5.19. The molecule has 0 aliphatic carbocycles. The first-order valence-electron chi connectivity index (χ1n) is 16.1. The lowest BCUT2D eigenvalue weighted by Gasteiger charge is -2.37. The van der Waals surface area contributed by atoms with E-state index in [9.17, 15) is 23.9 Å². The highest BCUT2D eigenvalue weighted by Crippen LogP contribution is 2.36. The average Bonchev–Trinajstić information content (AvgIpc) is 3.43. The number of amides is 3. The van der Waals surface area contributed by atoms with Crippen molar-refractivity contribution in [3.63, 3.8) is 0 Å². The van der Waals surface area contributed by atoms with Gasteiger partial charge in [-0.05, 0) is 94.5 Å². The van der Waals surface area contributed by atoms with Crippen LogP contribution in [0.4, 0.5) is 14.9 Å². The van der Waals surface area contributed by atoms with Crippen LogP contribution >= 0.6 is 0 Å². The topological polar surface area (TPSA) is 126 Å². The van der Waals surface area contributed by atoms with Crippen LogP contribution in [0.1, 0.15) is 51.2 Å². The molecule has 11 heteroatoms. The molecule has 1 aliphatic rings. The second-order valence-electron chi connectivity index (χ2n) is 13.2. The van der Waals surface area contributed by atoms with Crippen molar-refractivity contribution in [3.8, 4) is 28.1 Å². The molecule has 252 valence electrons. The monoisotopic (exact) mass is 655 g/mol. The Bertz CT molecular complexity index is 1780. The zero-order valence-corrected chi connectivity index (χ0v) is 27.9. The van der Waals surface area contributed by atoms with E-state index in [4.69, 9.17) is 4.74 Å². The maximum atomic E-state index is 14.0. The van der Waals surface area contributed by atoms with E-state index >= 15 is 0 Å². The highest BCUT2D eigenvalue weighted by Gasteiger charge is 2.37. The first-order valence-corrected chi connectivity index (χ1v) is 16.1. The van der Waals surface area contributed by atoms with Crippen LogP contribution in [0.15, 0.2) is 72.9 Å². The quantitative estimate of drug-likeness (QED) is 0.203. The number of hydrogen-bond acceptors (Lipinski definition) is 6. The summed E-state index contributed by atoms with van der Waals surface area (Å²) < 4.78 is 20.7. The second kappa shape index (κ2) is 14.3. The lowest BCUT2D eigenvalue weighted by Crippen LogP contribution is -2.57. The van der Waals surface area contributed by atoms with Crippen molar-refractivity contribution in [2.75, 3.05) is 11.9 Å². The molecule has 1 aliphatic heterocycles. The molecule has 2 heterocycles. The van der Waals surface area contributed by atoms with E-state index in [-0.39, 0.29) is 18.1 Å². The van der Waals surface area contributed by atoms with Crippen LogP contribution in [-0.4, -0.2) is 61.9 Å². The Morgan fingerprint density at radius 2 is 1.73 bits per heavy atom. The number of aromatic nitrogens is 2. The Labute approximate surface area is 279 Å². The molecule has 1 unspecified atom stereocenters. The van der Waals surface area contributed by atoms with Crippen LogP contribution < -0.4 is 10.6 Å². The Morgan fingerprint density at radius 3 is 2.42 bits per heavy atom. The number of rotatable bonds is 8. The van der Waals surface area contributed by atoms with Crippen molar-refractivity contribution in [3.05, 3.63) is 89.9 Å². The zero-order chi connectivity index (χ0) is 34.6. The number of aryl methyl sites for hydroxylation is 2. The summed E-state index contributed by atoms with van der Waals surface area (Å²) in [7, 11) is 1.82. The average molecular weight is 656 g/mol. The first-order chi connectivity index (χ1) is 22.8. The molecule has 10 nitrogen and oxygen atoms in total. The normalized spacial score (nSPS) is 15.5. The van der Waals surface area contributed by atoms with E-state index in [1.165, 1.54) is 17.0 Å². The molecule has 2 atom stereocenters. The van der Waals surface area contributed by atoms with Crippen LogP contribution in [0.2, 0.25) is 0 Å². The predicted molar refractivity (Wildman–Crippen MR) is 182 cm³/mol. The van der Waals surface area contributed by atoms with Gasteiger partial charge in [0.2, 0.25) is 11.8 Å². The highest BCUT2D eigenvalue weighted by molar-refractivity contribution is 5.98. The molecule has 4 aromatic rings. The number of phenolic OH excluding ortho intramolecular Hbond substituents is 1. The molecule has 1 saturated heterocycles. The minimum atomic E-state index is -1.03. The molecule has 5 rings (SSSR count). The van der Waals surface area contributed by atoms with Gasteiger partial charge in [0.1, 0.15) is 34.9 Å². The number of carbonyl (C=O) groups is 3. The number of halogens is 1. The van der Waals surface area contributed by atoms with E-state index in [1.807, 2.05) is 44.4 Å². The van der Waals surface area contributed by atoms with Crippen molar-refractivity contribution >= 4 is 23.6 Å². The number of likely N-dealkylation sites (tertiary alicyclic amines) is 1. The zero-order valence-electron chi connectivity index (χ0n) is 27.9. The molecule has 1 aromatic heterocycles. The van der Waals surface area contributed by atoms with Gasteiger partial charge < -0.3 is 25.4 Å². The molecule has 0 saturated carbocycles. The van der Waals surface area contributed by atoms with Crippen LogP contribution in [0.5, 0.6) is 5.75 Å². The molecular formula is C37H42FN5O5. The fourth-order valence-electron chi connectivity index (χ4n) is 5.87. The third-order valence-electron chi connectivity index (χ3n) is 8.13. The third-order valence-corrected chi connectivity index (χ3v) is 8.13. The highest BCUT2D eigenvalue weighted by atomic mass is 19.1. The van der Waals surface area contributed by atoms with Crippen LogP contribution in [0, 0.1) is 12.7 Å². The molecule has 0 spiro atoms. The van der Waals surface area contributed by atoms with Gasteiger partial charge in [-0.3, -0.25) is 14.3 Å². The Kier molecular flexibility index (Phi) is 10.2. The summed E-state index contributed by atoms with van der Waals surface area (Å²) in [6.45, 7) is 7.48. The van der Waals surface area contributed by atoms with Gasteiger partial charge in [-0.25, -0.2) is 9.18 Å². The summed E-state index contributed by atoms with van der Waals surface area (Å²) in [5.41, 5.74) is 4.37. The molecule has 0 radical (unpaired) electrons. The first kappa shape index (κ1) is 34.2. The summed E-state index contributed by atoms with van der Waals surface area (Å²) in [6.07, 6.45) is 3.16. The van der Waals surface area contributed by atoms with Gasteiger partial charge in [-0.15, -0.1) is 0 Å². The largest absolute Gasteiger partial charge is 0.507 e. The SMILES string of the molecule is Cc1ccc(O)c(-c2nn(C)cc2-c2ccc(NC(=O)C3CCCCN3C(=O)[C@H](Cc3ccc(F)cc3)NC(=O)OC(C)(C)C)cc2)c1. The lowest BCUT2D eigenvalue weighted by atomic mass is 9.97. The fraction of sp³-hybridized carbons (Fsp3) is 0.351. The second-order valence-corrected chi connectivity index (χ2v) is 13.2. The number of hydrogen-bond donors (Lipinski definition) is 3. The van der Waals surface area contributed by atoms with Crippen molar-refractivity contribution in [1.29, 1.82) is 0 Å². The van der Waals surface area contributed by atoms with Crippen molar-refractivity contribution in [2.24, 2.45) is 7.05 Å². The van der Waals surface area contributed by atoms with E-state index in [0.29, 0.717) is 41.9 Å². The Morgan fingerprint density at radius 1 is 1.02 bits per heavy atom. The number of benzene rings is 3. The maximum Gasteiger partial charge on any atom is 0.408 e. The summed E-state index contributed by atoms with van der Waals surface area (Å²) in [6, 6.07) is 16.6. The number of anilines is 1. The Balaban J connectivity index is 1.33. The minimum absolute atomic E-state index is 0.0985. The van der Waals surface area contributed by atoms with Gasteiger partial charge in [-0.2, -0.15) is 5.10 Å². The predicted octanol–water partition coefficient (Wildman–Crippen LogP) is 6.36. The standard InChI is InChI=1S/C37H42FN5O5/c1-23-9-18-32(44)28(20-23)33-29(22-42(5)41-33)25-12-16-27(17-13-25)39-34(45)31-8-6-7-19-43(31)35(46)30(40-36(47)48-37(2,3)4)21-24-10-14-26(38)15-11-24/h9-18,20,22,30-31,44H,6-8,19,21H2,1-5H3,(H,39,45)(H,40,47)/t30-,31?/m0/s1. The number of nitrogens with zero attached hydrogens (tertiary/aromatic N) is 3. The minimum Gasteiger partial charge on any atom is -0.507 e. The summed E-state index contributed by atoms with van der Waals surface area (Å²) in [5.74, 6) is -1.02. The summed E-state index contributed by atoms with van der Waals surface area (Å²) >= 11 is 0. The molecule has 0 bridgehead atoms. The van der Waals surface area contributed by atoms with E-state index in [2.05, 4.69) is 15.7 Å². The van der Waals surface area contributed by atoms with E-state index < -0.39 is 35.5 Å². The van der Waals surface area contributed by atoms with Gasteiger partial charge in [0.15, 0.2) is 0 Å². The molecule has 48 heavy (non-hydrogen) atoms. The van der Waals surface area contributed by atoms with Crippen molar-refractivity contribution in [2.45, 2.75) is 71.1 Å². The molecule has 3 N–H and O–H groups in total. The van der Waals surface area contributed by atoms with E-state index in [1.54, 1.807) is 55.8 Å².